The van der Waals surface area contributed by atoms with Gasteiger partial charge in [-0.15, -0.1) is 35.3 Å². The molecule has 2 heterocycles. The number of aliphatic imine (C=N–C) groups is 1. The summed E-state index contributed by atoms with van der Waals surface area (Å²) in [4.78, 5) is 10.4. The van der Waals surface area contributed by atoms with Crippen LogP contribution in [0, 0.1) is 0 Å². The van der Waals surface area contributed by atoms with Crippen LogP contribution < -0.4 is 10.6 Å². The molecule has 0 radical (unpaired) electrons. The second-order valence-corrected chi connectivity index (χ2v) is 6.94. The first-order valence-corrected chi connectivity index (χ1v) is 9.81. The van der Waals surface area contributed by atoms with Crippen molar-refractivity contribution in [3.05, 3.63) is 76.5 Å². The highest BCUT2D eigenvalue weighted by molar-refractivity contribution is 14.0. The Morgan fingerprint density at radius 3 is 2.74 bits per heavy atom. The minimum Gasteiger partial charge on any atom is -0.357 e. The number of halogens is 1. The van der Waals surface area contributed by atoms with Gasteiger partial charge in [0.05, 0.1) is 6.54 Å². The number of thiophene rings is 1. The first-order valence-electron chi connectivity index (χ1n) is 8.93. The molecule has 7 heteroatoms. The van der Waals surface area contributed by atoms with Gasteiger partial charge in [0.1, 0.15) is 5.82 Å². The summed E-state index contributed by atoms with van der Waals surface area (Å²) in [6.45, 7) is 5.27. The fourth-order valence-corrected chi connectivity index (χ4v) is 3.31. The number of guanidine groups is 1. The van der Waals surface area contributed by atoms with Crippen molar-refractivity contribution in [2.24, 2.45) is 4.99 Å². The van der Waals surface area contributed by atoms with Gasteiger partial charge in [-0.2, -0.15) is 0 Å². The highest BCUT2D eigenvalue weighted by Gasteiger charge is 2.05. The average Bonchev–Trinajstić information content (AvgIpc) is 3.33. The van der Waals surface area contributed by atoms with E-state index in [0.717, 1.165) is 37.8 Å². The predicted molar refractivity (Wildman–Crippen MR) is 124 cm³/mol. The molecule has 0 unspecified atom stereocenters. The summed E-state index contributed by atoms with van der Waals surface area (Å²) >= 11 is 1.73. The van der Waals surface area contributed by atoms with E-state index in [-0.39, 0.29) is 24.0 Å². The molecular formula is C20H26IN5S. The molecule has 1 aromatic carbocycles. The van der Waals surface area contributed by atoms with Gasteiger partial charge >= 0.3 is 0 Å². The molecule has 5 nitrogen and oxygen atoms in total. The highest BCUT2D eigenvalue weighted by atomic mass is 127. The molecule has 2 aromatic heterocycles. The number of imidazole rings is 1. The van der Waals surface area contributed by atoms with Crippen LogP contribution in [0.2, 0.25) is 0 Å². The molecule has 0 aliphatic rings. The maximum Gasteiger partial charge on any atom is 0.191 e. The van der Waals surface area contributed by atoms with E-state index in [1.807, 2.05) is 18.5 Å². The molecule has 3 aromatic rings. The van der Waals surface area contributed by atoms with Crippen LogP contribution >= 0.6 is 35.3 Å². The summed E-state index contributed by atoms with van der Waals surface area (Å²) in [6.07, 6.45) is 4.76. The van der Waals surface area contributed by atoms with Gasteiger partial charge in [-0.05, 0) is 23.9 Å². The van der Waals surface area contributed by atoms with Crippen molar-refractivity contribution >= 4 is 41.3 Å². The largest absolute Gasteiger partial charge is 0.357 e. The summed E-state index contributed by atoms with van der Waals surface area (Å²) in [5.41, 5.74) is 1.28. The van der Waals surface area contributed by atoms with Crippen LogP contribution in [0.3, 0.4) is 0 Å². The predicted octanol–water partition coefficient (Wildman–Crippen LogP) is 3.91. The lowest BCUT2D eigenvalue weighted by Crippen LogP contribution is -2.38. The summed E-state index contributed by atoms with van der Waals surface area (Å²) in [5, 5.41) is 8.78. The van der Waals surface area contributed by atoms with Crippen LogP contribution in [0.25, 0.3) is 0 Å². The van der Waals surface area contributed by atoms with Gasteiger partial charge in [0.15, 0.2) is 5.96 Å². The van der Waals surface area contributed by atoms with Crippen molar-refractivity contribution in [1.82, 2.24) is 20.2 Å². The number of benzene rings is 1. The van der Waals surface area contributed by atoms with Crippen molar-refractivity contribution in [2.45, 2.75) is 26.4 Å². The standard InChI is InChI=1S/C20H25N5S.HI/c1-2-21-20(24-15-18-9-6-14-26-18)23-11-10-19-22-12-13-25(19)16-17-7-4-3-5-8-17;/h3-9,12-14H,2,10-11,15-16H2,1H3,(H2,21,23,24);1H. The third-order valence-electron chi connectivity index (χ3n) is 3.96. The Hall–Kier alpha value is -1.87. The van der Waals surface area contributed by atoms with E-state index in [1.54, 1.807) is 11.3 Å². The molecular weight excluding hydrogens is 469 g/mol. The summed E-state index contributed by atoms with van der Waals surface area (Å²) < 4.78 is 2.20. The van der Waals surface area contributed by atoms with E-state index in [0.29, 0.717) is 6.54 Å². The van der Waals surface area contributed by atoms with Crippen LogP contribution in [-0.2, 0) is 19.5 Å². The molecule has 27 heavy (non-hydrogen) atoms. The zero-order valence-corrected chi connectivity index (χ0v) is 18.6. The zero-order valence-electron chi connectivity index (χ0n) is 15.5. The number of rotatable bonds is 8. The van der Waals surface area contributed by atoms with E-state index < -0.39 is 0 Å². The first-order chi connectivity index (χ1) is 12.8. The molecule has 0 bridgehead atoms. The average molecular weight is 495 g/mol. The van der Waals surface area contributed by atoms with Crippen molar-refractivity contribution in [3.63, 3.8) is 0 Å². The normalized spacial score (nSPS) is 11.1. The van der Waals surface area contributed by atoms with Gasteiger partial charge in [-0.1, -0.05) is 36.4 Å². The zero-order chi connectivity index (χ0) is 18.0. The minimum absolute atomic E-state index is 0. The number of nitrogens with one attached hydrogen (secondary N) is 2. The summed E-state index contributed by atoms with van der Waals surface area (Å²) in [6, 6.07) is 14.6. The van der Waals surface area contributed by atoms with Gasteiger partial charge in [-0.3, -0.25) is 0 Å². The molecule has 0 aliphatic heterocycles. The van der Waals surface area contributed by atoms with Crippen LogP contribution in [0.1, 0.15) is 23.2 Å². The molecule has 0 saturated carbocycles. The smallest absolute Gasteiger partial charge is 0.191 e. The molecule has 0 amide bonds. The molecule has 0 aliphatic carbocycles. The highest BCUT2D eigenvalue weighted by Crippen LogP contribution is 2.09. The maximum absolute atomic E-state index is 4.64. The van der Waals surface area contributed by atoms with Crippen molar-refractivity contribution in [1.29, 1.82) is 0 Å². The number of nitrogens with zero attached hydrogens (tertiary/aromatic N) is 3. The third kappa shape index (κ3) is 6.99. The van der Waals surface area contributed by atoms with E-state index >= 15 is 0 Å². The monoisotopic (exact) mass is 495 g/mol. The Balaban J connectivity index is 0.00000261. The molecule has 0 fully saturated rings. The Morgan fingerprint density at radius 2 is 2.00 bits per heavy atom. The lowest BCUT2D eigenvalue weighted by atomic mass is 10.2. The molecule has 0 atom stereocenters. The van der Waals surface area contributed by atoms with Gasteiger partial charge < -0.3 is 15.2 Å². The third-order valence-corrected chi connectivity index (χ3v) is 4.82. The van der Waals surface area contributed by atoms with Crippen LogP contribution in [-0.4, -0.2) is 28.6 Å². The Labute approximate surface area is 182 Å². The Kier molecular flexibility index (Phi) is 9.34. The fourth-order valence-electron chi connectivity index (χ4n) is 2.69. The Morgan fingerprint density at radius 1 is 1.15 bits per heavy atom. The molecule has 3 rings (SSSR count). The first kappa shape index (κ1) is 21.4. The van der Waals surface area contributed by atoms with E-state index in [9.17, 15) is 0 Å². The lowest BCUT2D eigenvalue weighted by Gasteiger charge is -2.12. The van der Waals surface area contributed by atoms with Crippen molar-refractivity contribution < 1.29 is 0 Å². The Bertz CT molecular complexity index is 799. The quantitative estimate of drug-likeness (QED) is 0.283. The van der Waals surface area contributed by atoms with E-state index in [2.05, 4.69) is 73.9 Å². The number of aromatic nitrogens is 2. The minimum atomic E-state index is 0. The van der Waals surface area contributed by atoms with Crippen molar-refractivity contribution in [2.75, 3.05) is 13.1 Å². The van der Waals surface area contributed by atoms with Crippen molar-refractivity contribution in [3.8, 4) is 0 Å². The molecule has 2 N–H and O–H groups in total. The van der Waals surface area contributed by atoms with Crippen LogP contribution in [0.4, 0.5) is 0 Å². The second-order valence-electron chi connectivity index (χ2n) is 5.91. The second kappa shape index (κ2) is 11.8. The van der Waals surface area contributed by atoms with Gasteiger partial charge in [-0.25, -0.2) is 9.98 Å². The fraction of sp³-hybridized carbons (Fsp3) is 0.300. The van der Waals surface area contributed by atoms with E-state index in [4.69, 9.17) is 0 Å². The maximum atomic E-state index is 4.64. The number of hydrogen-bond acceptors (Lipinski definition) is 3. The molecule has 144 valence electrons. The SMILES string of the molecule is CCNC(=NCc1cccs1)NCCc1nccn1Cc1ccccc1.I. The summed E-state index contributed by atoms with van der Waals surface area (Å²) in [7, 11) is 0. The van der Waals surface area contributed by atoms with E-state index in [1.165, 1.54) is 10.4 Å². The molecule has 0 saturated heterocycles. The van der Waals surface area contributed by atoms with Crippen LogP contribution in [0.5, 0.6) is 0 Å². The summed E-state index contributed by atoms with van der Waals surface area (Å²) in [5.74, 6) is 1.93. The van der Waals surface area contributed by atoms with Gasteiger partial charge in [0.2, 0.25) is 0 Å². The van der Waals surface area contributed by atoms with Crippen LogP contribution in [0.15, 0.2) is 65.2 Å². The lowest BCUT2D eigenvalue weighted by molar-refractivity contribution is 0.694. The van der Waals surface area contributed by atoms with Gasteiger partial charge in [0, 0.05) is 43.3 Å². The molecule has 0 spiro atoms. The number of hydrogen-bond donors (Lipinski definition) is 2. The van der Waals surface area contributed by atoms with Gasteiger partial charge in [0.25, 0.3) is 0 Å². The topological polar surface area (TPSA) is 54.2 Å².